The number of likely N-dealkylation sites (tertiary alicyclic amines) is 2. The first kappa shape index (κ1) is 17.8. The Bertz CT molecular complexity index is 634. The fraction of sp³-hybridized carbons (Fsp3) is 0.667. The number of rotatable bonds is 4. The summed E-state index contributed by atoms with van der Waals surface area (Å²) in [6.07, 6.45) is 6.07. The third-order valence-corrected chi connectivity index (χ3v) is 6.26. The molecule has 142 valence electrons. The third-order valence-electron chi connectivity index (χ3n) is 6.26. The number of amides is 1. The minimum Gasteiger partial charge on any atom is -0.497 e. The Hall–Kier alpha value is -1.59. The molecule has 0 radical (unpaired) electrons. The van der Waals surface area contributed by atoms with Crippen molar-refractivity contribution in [2.75, 3.05) is 33.3 Å². The van der Waals surface area contributed by atoms with Gasteiger partial charge in [0, 0.05) is 32.7 Å². The van der Waals surface area contributed by atoms with Crippen LogP contribution in [-0.2, 0) is 16.1 Å². The molecule has 3 saturated heterocycles. The summed E-state index contributed by atoms with van der Waals surface area (Å²) in [7, 11) is 1.71. The molecule has 3 aliphatic heterocycles. The lowest BCUT2D eigenvalue weighted by atomic mass is 9.88. The van der Waals surface area contributed by atoms with Crippen molar-refractivity contribution in [2.45, 2.75) is 56.8 Å². The molecule has 3 heterocycles. The second-order valence-electron chi connectivity index (χ2n) is 7.99. The fourth-order valence-corrected chi connectivity index (χ4v) is 4.64. The maximum Gasteiger partial charge on any atom is 0.251 e. The van der Waals surface area contributed by atoms with E-state index in [9.17, 15) is 4.79 Å². The van der Waals surface area contributed by atoms with E-state index in [2.05, 4.69) is 17.0 Å². The molecule has 3 fully saturated rings. The lowest BCUT2D eigenvalue weighted by Crippen LogP contribution is -2.45. The molecule has 0 saturated carbocycles. The predicted octanol–water partition coefficient (Wildman–Crippen LogP) is 2.83. The lowest BCUT2D eigenvalue weighted by molar-refractivity contribution is -0.150. The van der Waals surface area contributed by atoms with Crippen molar-refractivity contribution in [1.29, 1.82) is 0 Å². The zero-order valence-electron chi connectivity index (χ0n) is 15.8. The number of carbonyl (C=O) groups is 1. The van der Waals surface area contributed by atoms with E-state index in [0.29, 0.717) is 0 Å². The normalized spacial score (nSPS) is 25.7. The van der Waals surface area contributed by atoms with Gasteiger partial charge in [0.25, 0.3) is 5.91 Å². The van der Waals surface area contributed by atoms with Crippen molar-refractivity contribution >= 4 is 5.91 Å². The average Bonchev–Trinajstić information content (AvgIpc) is 3.34. The van der Waals surface area contributed by atoms with E-state index in [4.69, 9.17) is 9.47 Å². The third kappa shape index (κ3) is 3.74. The second-order valence-corrected chi connectivity index (χ2v) is 7.99. The quantitative estimate of drug-likeness (QED) is 0.830. The van der Waals surface area contributed by atoms with Crippen LogP contribution in [0, 0.1) is 0 Å². The van der Waals surface area contributed by atoms with E-state index in [1.54, 1.807) is 7.11 Å². The van der Waals surface area contributed by atoms with Gasteiger partial charge in [0.2, 0.25) is 0 Å². The number of piperidine rings is 1. The summed E-state index contributed by atoms with van der Waals surface area (Å²) in [6, 6.07) is 8.30. The van der Waals surface area contributed by atoms with Gasteiger partial charge in [-0.15, -0.1) is 0 Å². The largest absolute Gasteiger partial charge is 0.497 e. The van der Waals surface area contributed by atoms with Crippen LogP contribution in [0.15, 0.2) is 24.3 Å². The molecule has 1 aromatic rings. The van der Waals surface area contributed by atoms with Crippen LogP contribution in [-0.4, -0.2) is 60.7 Å². The van der Waals surface area contributed by atoms with Crippen molar-refractivity contribution in [1.82, 2.24) is 9.80 Å². The molecule has 4 rings (SSSR count). The summed E-state index contributed by atoms with van der Waals surface area (Å²) in [5.74, 6) is 1.15. The molecule has 26 heavy (non-hydrogen) atoms. The smallest absolute Gasteiger partial charge is 0.251 e. The van der Waals surface area contributed by atoms with E-state index >= 15 is 0 Å². The van der Waals surface area contributed by atoms with E-state index in [0.717, 1.165) is 77.0 Å². The van der Waals surface area contributed by atoms with Crippen LogP contribution in [0.25, 0.3) is 0 Å². The van der Waals surface area contributed by atoms with Crippen molar-refractivity contribution in [3.05, 3.63) is 29.8 Å². The maximum atomic E-state index is 12.6. The molecule has 0 bridgehead atoms. The van der Waals surface area contributed by atoms with Gasteiger partial charge in [0.05, 0.1) is 12.7 Å². The Balaban J connectivity index is 1.30. The molecular weight excluding hydrogens is 328 g/mol. The number of hydrogen-bond acceptors (Lipinski definition) is 4. The van der Waals surface area contributed by atoms with Gasteiger partial charge in [0.1, 0.15) is 11.9 Å². The van der Waals surface area contributed by atoms with Gasteiger partial charge >= 0.3 is 0 Å². The highest BCUT2D eigenvalue weighted by Crippen LogP contribution is 2.40. The van der Waals surface area contributed by atoms with Crippen LogP contribution >= 0.6 is 0 Å². The molecule has 1 unspecified atom stereocenters. The summed E-state index contributed by atoms with van der Waals surface area (Å²) >= 11 is 0. The summed E-state index contributed by atoms with van der Waals surface area (Å²) in [5, 5.41) is 0. The van der Waals surface area contributed by atoms with Crippen molar-refractivity contribution in [2.24, 2.45) is 0 Å². The number of nitrogens with zero attached hydrogens (tertiary/aromatic N) is 2. The van der Waals surface area contributed by atoms with Gasteiger partial charge in [-0.05, 0) is 56.2 Å². The summed E-state index contributed by atoms with van der Waals surface area (Å²) in [6.45, 7) is 4.84. The van der Waals surface area contributed by atoms with E-state index in [-0.39, 0.29) is 17.6 Å². The molecule has 3 aliphatic rings. The molecule has 1 amide bonds. The van der Waals surface area contributed by atoms with Crippen LogP contribution in [0.1, 0.15) is 44.1 Å². The van der Waals surface area contributed by atoms with Crippen LogP contribution in [0.4, 0.5) is 0 Å². The standard InChI is InChI=1S/C21H30N2O3/c1-25-18-6-4-5-17(15-18)16-22-13-9-21(10-14-22)8-7-19(26-21)20(24)23-11-2-3-12-23/h4-6,15,19H,2-3,7-14,16H2,1H3. The number of hydrogen-bond donors (Lipinski definition) is 0. The minimum absolute atomic E-state index is 0.0646. The first-order valence-corrected chi connectivity index (χ1v) is 9.99. The number of methoxy groups -OCH3 is 1. The Morgan fingerprint density at radius 1 is 1.19 bits per heavy atom. The molecule has 0 N–H and O–H groups in total. The monoisotopic (exact) mass is 358 g/mol. The van der Waals surface area contributed by atoms with Gasteiger partial charge in [-0.2, -0.15) is 0 Å². The molecule has 1 atom stereocenters. The molecule has 5 heteroatoms. The van der Waals surface area contributed by atoms with E-state index in [1.165, 1.54) is 5.56 Å². The zero-order chi connectivity index (χ0) is 18.0. The SMILES string of the molecule is COc1cccc(CN2CCC3(CCC(C(=O)N4CCCC4)O3)CC2)c1. The maximum absolute atomic E-state index is 12.6. The molecule has 1 spiro atoms. The molecule has 0 aliphatic carbocycles. The first-order valence-electron chi connectivity index (χ1n) is 9.99. The Labute approximate surface area is 156 Å². The Morgan fingerprint density at radius 3 is 2.69 bits per heavy atom. The highest BCUT2D eigenvalue weighted by atomic mass is 16.5. The summed E-state index contributed by atoms with van der Waals surface area (Å²) in [4.78, 5) is 17.1. The van der Waals surface area contributed by atoms with Crippen molar-refractivity contribution < 1.29 is 14.3 Å². The highest BCUT2D eigenvalue weighted by molar-refractivity contribution is 5.81. The zero-order valence-corrected chi connectivity index (χ0v) is 15.8. The topological polar surface area (TPSA) is 42.0 Å². The molecular formula is C21H30N2O3. The first-order chi connectivity index (χ1) is 12.7. The highest BCUT2D eigenvalue weighted by Gasteiger charge is 2.45. The number of ether oxygens (including phenoxy) is 2. The summed E-state index contributed by atoms with van der Waals surface area (Å²) < 4.78 is 11.7. The van der Waals surface area contributed by atoms with E-state index in [1.807, 2.05) is 17.0 Å². The van der Waals surface area contributed by atoms with Gasteiger partial charge in [-0.25, -0.2) is 0 Å². The van der Waals surface area contributed by atoms with E-state index < -0.39 is 0 Å². The van der Waals surface area contributed by atoms with Gasteiger partial charge in [-0.1, -0.05) is 12.1 Å². The van der Waals surface area contributed by atoms with Crippen LogP contribution < -0.4 is 4.74 Å². The number of benzene rings is 1. The Kier molecular flexibility index (Phi) is 5.18. The van der Waals surface area contributed by atoms with Crippen LogP contribution in [0.3, 0.4) is 0 Å². The van der Waals surface area contributed by atoms with Crippen LogP contribution in [0.5, 0.6) is 5.75 Å². The van der Waals surface area contributed by atoms with Crippen molar-refractivity contribution in [3.8, 4) is 5.75 Å². The molecule has 5 nitrogen and oxygen atoms in total. The molecule has 0 aromatic heterocycles. The van der Waals surface area contributed by atoms with Gasteiger partial charge in [-0.3, -0.25) is 9.69 Å². The Morgan fingerprint density at radius 2 is 1.96 bits per heavy atom. The fourth-order valence-electron chi connectivity index (χ4n) is 4.64. The van der Waals surface area contributed by atoms with Gasteiger partial charge in [0.15, 0.2) is 0 Å². The van der Waals surface area contributed by atoms with Crippen LogP contribution in [0.2, 0.25) is 0 Å². The average molecular weight is 358 g/mol. The second kappa shape index (κ2) is 7.57. The lowest BCUT2D eigenvalue weighted by Gasteiger charge is -2.39. The van der Waals surface area contributed by atoms with Crippen molar-refractivity contribution in [3.63, 3.8) is 0 Å². The number of carbonyl (C=O) groups excluding carboxylic acids is 1. The summed E-state index contributed by atoms with van der Waals surface area (Å²) in [5.41, 5.74) is 1.22. The molecule has 1 aromatic carbocycles. The predicted molar refractivity (Wildman–Crippen MR) is 100 cm³/mol. The van der Waals surface area contributed by atoms with Gasteiger partial charge < -0.3 is 14.4 Å². The minimum atomic E-state index is -0.196.